The summed E-state index contributed by atoms with van der Waals surface area (Å²) in [5.41, 5.74) is 5.01. The molecule has 2 N–H and O–H groups in total. The van der Waals surface area contributed by atoms with Gasteiger partial charge in [0.2, 0.25) is 0 Å². The van der Waals surface area contributed by atoms with Crippen LogP contribution >= 0.6 is 0 Å². The van der Waals surface area contributed by atoms with Crippen molar-refractivity contribution in [2.24, 2.45) is 7.05 Å². The number of aromatic nitrogens is 1. The smallest absolute Gasteiger partial charge is 0.303 e. The van der Waals surface area contributed by atoms with Crippen LogP contribution in [0.25, 0.3) is 10.9 Å². The first-order valence-electron chi connectivity index (χ1n) is 6.17. The van der Waals surface area contributed by atoms with Crippen LogP contribution in [0.1, 0.15) is 23.1 Å². The highest BCUT2D eigenvalue weighted by Gasteiger charge is 2.15. The molecule has 4 heteroatoms. The summed E-state index contributed by atoms with van der Waals surface area (Å²) in [4.78, 5) is 10.7. The fourth-order valence-electron chi connectivity index (χ4n) is 2.70. The summed E-state index contributed by atoms with van der Waals surface area (Å²) in [5, 5.41) is 13.3. The van der Waals surface area contributed by atoms with Gasteiger partial charge in [-0.1, -0.05) is 0 Å². The Kier molecular flexibility index (Phi) is 2.59. The Morgan fingerprint density at radius 3 is 2.83 bits per heavy atom. The number of carboxylic acids is 1. The minimum atomic E-state index is -0.741. The van der Waals surface area contributed by atoms with Crippen LogP contribution in [-0.4, -0.2) is 15.6 Å². The Morgan fingerprint density at radius 2 is 2.11 bits per heavy atom. The van der Waals surface area contributed by atoms with Crippen LogP contribution in [0, 0.1) is 0 Å². The molecule has 2 heterocycles. The molecule has 0 aliphatic carbocycles. The molecule has 4 nitrogen and oxygen atoms in total. The van der Waals surface area contributed by atoms with E-state index in [1.54, 1.807) is 0 Å². The molecule has 3 rings (SSSR count). The average molecular weight is 244 g/mol. The molecule has 0 fully saturated rings. The zero-order valence-corrected chi connectivity index (χ0v) is 10.4. The van der Waals surface area contributed by atoms with E-state index in [9.17, 15) is 4.79 Å². The number of aryl methyl sites for hydroxylation is 2. The fourth-order valence-corrected chi connectivity index (χ4v) is 2.70. The molecule has 1 aliphatic rings. The van der Waals surface area contributed by atoms with Crippen LogP contribution < -0.4 is 5.32 Å². The van der Waals surface area contributed by atoms with Crippen molar-refractivity contribution < 1.29 is 9.90 Å². The van der Waals surface area contributed by atoms with Crippen LogP contribution in [-0.2, 0) is 31.4 Å². The first-order chi connectivity index (χ1) is 8.65. The zero-order chi connectivity index (χ0) is 12.7. The molecule has 18 heavy (non-hydrogen) atoms. The van der Waals surface area contributed by atoms with Crippen molar-refractivity contribution in [3.05, 3.63) is 35.0 Å². The topological polar surface area (TPSA) is 54.3 Å². The van der Waals surface area contributed by atoms with E-state index in [0.717, 1.165) is 18.7 Å². The quantitative estimate of drug-likeness (QED) is 0.865. The Balaban J connectivity index is 2.07. The van der Waals surface area contributed by atoms with Gasteiger partial charge in [0.25, 0.3) is 0 Å². The lowest BCUT2D eigenvalue weighted by molar-refractivity contribution is -0.136. The molecule has 1 aliphatic heterocycles. The van der Waals surface area contributed by atoms with E-state index >= 15 is 0 Å². The van der Waals surface area contributed by atoms with Crippen molar-refractivity contribution in [3.8, 4) is 0 Å². The van der Waals surface area contributed by atoms with E-state index in [4.69, 9.17) is 5.11 Å². The molecule has 0 amide bonds. The number of carbonyl (C=O) groups is 1. The normalized spacial score (nSPS) is 14.1. The summed E-state index contributed by atoms with van der Waals surface area (Å²) >= 11 is 0. The highest BCUT2D eigenvalue weighted by atomic mass is 16.4. The molecule has 0 saturated heterocycles. The Hall–Kier alpha value is -1.81. The summed E-state index contributed by atoms with van der Waals surface area (Å²) < 4.78 is 2.09. The second-order valence-corrected chi connectivity index (χ2v) is 4.90. The number of nitrogens with one attached hydrogen (secondary N) is 1. The number of fused-ring (bicyclic) bond motifs is 2. The highest BCUT2D eigenvalue weighted by molar-refractivity contribution is 5.86. The van der Waals surface area contributed by atoms with E-state index in [-0.39, 0.29) is 6.42 Å². The molecule has 0 atom stereocenters. The SMILES string of the molecule is Cn1cc(CCC(=O)O)c2cc3c(cc21)CNC3. The maximum absolute atomic E-state index is 10.7. The lowest BCUT2D eigenvalue weighted by Gasteiger charge is -2.02. The predicted octanol–water partition coefficient (Wildman–Crippen LogP) is 1.80. The first-order valence-corrected chi connectivity index (χ1v) is 6.17. The van der Waals surface area contributed by atoms with Crippen molar-refractivity contribution in [2.45, 2.75) is 25.9 Å². The van der Waals surface area contributed by atoms with Gasteiger partial charge in [-0.3, -0.25) is 4.79 Å². The Bertz CT molecular complexity index is 628. The van der Waals surface area contributed by atoms with Gasteiger partial charge in [-0.2, -0.15) is 0 Å². The van der Waals surface area contributed by atoms with Crippen molar-refractivity contribution in [3.63, 3.8) is 0 Å². The number of aliphatic carboxylic acids is 1. The molecule has 0 unspecified atom stereocenters. The van der Waals surface area contributed by atoms with Crippen LogP contribution in [0.5, 0.6) is 0 Å². The minimum Gasteiger partial charge on any atom is -0.481 e. The van der Waals surface area contributed by atoms with Gasteiger partial charge in [-0.05, 0) is 35.2 Å². The van der Waals surface area contributed by atoms with E-state index in [1.807, 2.05) is 7.05 Å². The summed E-state index contributed by atoms with van der Waals surface area (Å²) in [7, 11) is 2.02. The molecule has 0 spiro atoms. The Morgan fingerprint density at radius 1 is 1.39 bits per heavy atom. The second-order valence-electron chi connectivity index (χ2n) is 4.90. The van der Waals surface area contributed by atoms with Gasteiger partial charge < -0.3 is 15.0 Å². The van der Waals surface area contributed by atoms with Gasteiger partial charge in [-0.25, -0.2) is 0 Å². The fraction of sp³-hybridized carbons (Fsp3) is 0.357. The monoisotopic (exact) mass is 244 g/mol. The number of hydrogen-bond donors (Lipinski definition) is 2. The standard InChI is InChI=1S/C14H16N2O2/c1-16-8-9(2-3-14(17)18)12-4-10-6-15-7-11(10)5-13(12)16/h4-5,8,15H,2-3,6-7H2,1H3,(H,17,18). The lowest BCUT2D eigenvalue weighted by atomic mass is 10.0. The van der Waals surface area contributed by atoms with E-state index in [2.05, 4.69) is 28.2 Å². The Labute approximate surface area is 105 Å². The first kappa shape index (κ1) is 11.3. The molecular weight excluding hydrogens is 228 g/mol. The molecule has 2 aromatic rings. The van der Waals surface area contributed by atoms with Gasteiger partial charge in [0.05, 0.1) is 0 Å². The molecule has 0 bridgehead atoms. The van der Waals surface area contributed by atoms with Gasteiger partial charge in [-0.15, -0.1) is 0 Å². The molecule has 94 valence electrons. The predicted molar refractivity (Wildman–Crippen MR) is 69.4 cm³/mol. The number of benzene rings is 1. The van der Waals surface area contributed by atoms with Crippen molar-refractivity contribution in [1.82, 2.24) is 9.88 Å². The lowest BCUT2D eigenvalue weighted by Crippen LogP contribution is -2.00. The van der Waals surface area contributed by atoms with Gasteiger partial charge in [0, 0.05) is 43.7 Å². The number of hydrogen-bond acceptors (Lipinski definition) is 2. The van der Waals surface area contributed by atoms with E-state index in [1.165, 1.54) is 22.0 Å². The summed E-state index contributed by atoms with van der Waals surface area (Å²) in [5.74, 6) is -0.741. The molecule has 1 aromatic heterocycles. The number of rotatable bonds is 3. The molecule has 0 saturated carbocycles. The third kappa shape index (κ3) is 1.78. The molecular formula is C14H16N2O2. The maximum Gasteiger partial charge on any atom is 0.303 e. The van der Waals surface area contributed by atoms with E-state index < -0.39 is 5.97 Å². The van der Waals surface area contributed by atoms with Crippen molar-refractivity contribution in [2.75, 3.05) is 0 Å². The van der Waals surface area contributed by atoms with Gasteiger partial charge >= 0.3 is 5.97 Å². The van der Waals surface area contributed by atoms with Crippen LogP contribution in [0.4, 0.5) is 0 Å². The van der Waals surface area contributed by atoms with Crippen molar-refractivity contribution in [1.29, 1.82) is 0 Å². The van der Waals surface area contributed by atoms with Crippen LogP contribution in [0.2, 0.25) is 0 Å². The molecule has 0 radical (unpaired) electrons. The number of carboxylic acid groups (broad SMARTS) is 1. The summed E-state index contributed by atoms with van der Waals surface area (Å²) in [6.45, 7) is 1.85. The highest BCUT2D eigenvalue weighted by Crippen LogP contribution is 2.27. The summed E-state index contributed by atoms with van der Waals surface area (Å²) in [6, 6.07) is 4.43. The average Bonchev–Trinajstić information content (AvgIpc) is 2.89. The van der Waals surface area contributed by atoms with E-state index in [0.29, 0.717) is 6.42 Å². The maximum atomic E-state index is 10.7. The largest absolute Gasteiger partial charge is 0.481 e. The summed E-state index contributed by atoms with van der Waals surface area (Å²) in [6.07, 6.45) is 2.84. The van der Waals surface area contributed by atoms with Crippen LogP contribution in [0.15, 0.2) is 18.3 Å². The third-order valence-electron chi connectivity index (χ3n) is 3.63. The molecule has 1 aromatic carbocycles. The van der Waals surface area contributed by atoms with Gasteiger partial charge in [0.15, 0.2) is 0 Å². The third-order valence-corrected chi connectivity index (χ3v) is 3.63. The van der Waals surface area contributed by atoms with Crippen LogP contribution in [0.3, 0.4) is 0 Å². The van der Waals surface area contributed by atoms with Gasteiger partial charge in [0.1, 0.15) is 0 Å². The second kappa shape index (κ2) is 4.14. The zero-order valence-electron chi connectivity index (χ0n) is 10.4. The van der Waals surface area contributed by atoms with Crippen molar-refractivity contribution >= 4 is 16.9 Å². The minimum absolute atomic E-state index is 0.189. The number of nitrogens with zero attached hydrogens (tertiary/aromatic N) is 1.